The lowest BCUT2D eigenvalue weighted by molar-refractivity contribution is -0.137. The molecule has 0 aliphatic heterocycles. The fourth-order valence-corrected chi connectivity index (χ4v) is 2.27. The van der Waals surface area contributed by atoms with Gasteiger partial charge in [0, 0.05) is 12.8 Å². The fourth-order valence-electron chi connectivity index (χ4n) is 2.27. The van der Waals surface area contributed by atoms with E-state index >= 15 is 0 Å². The maximum Gasteiger partial charge on any atom is 0.311 e. The SMILES string of the molecule is CCCCC(=O)Oc1ccc(CCNCC)cc1OC(=O)CCCC. The first-order valence-corrected chi connectivity index (χ1v) is 9.35. The Balaban J connectivity index is 2.84. The highest BCUT2D eigenvalue weighted by atomic mass is 16.6. The average Bonchev–Trinajstić information content (AvgIpc) is 2.60. The Morgan fingerprint density at radius 2 is 1.52 bits per heavy atom. The van der Waals surface area contributed by atoms with E-state index in [1.807, 2.05) is 19.9 Å². The molecule has 0 aliphatic carbocycles. The van der Waals surface area contributed by atoms with E-state index in [1.54, 1.807) is 12.1 Å². The van der Waals surface area contributed by atoms with Crippen molar-refractivity contribution in [3.63, 3.8) is 0 Å². The quantitative estimate of drug-likeness (QED) is 0.351. The summed E-state index contributed by atoms with van der Waals surface area (Å²) in [6.45, 7) is 7.85. The van der Waals surface area contributed by atoms with Crippen molar-refractivity contribution in [2.24, 2.45) is 0 Å². The Hall–Kier alpha value is -1.88. The van der Waals surface area contributed by atoms with E-state index in [4.69, 9.17) is 9.47 Å². The molecule has 0 fully saturated rings. The van der Waals surface area contributed by atoms with Crippen LogP contribution in [0.4, 0.5) is 0 Å². The van der Waals surface area contributed by atoms with Crippen LogP contribution in [0.2, 0.25) is 0 Å². The van der Waals surface area contributed by atoms with Gasteiger partial charge in [-0.05, 0) is 50.0 Å². The number of ether oxygens (including phenoxy) is 2. The second kappa shape index (κ2) is 12.5. The number of unbranched alkanes of at least 4 members (excludes halogenated alkanes) is 2. The van der Waals surface area contributed by atoms with Gasteiger partial charge in [-0.1, -0.05) is 39.7 Å². The third-order valence-corrected chi connectivity index (χ3v) is 3.77. The molecule has 0 saturated heterocycles. The van der Waals surface area contributed by atoms with E-state index in [9.17, 15) is 9.59 Å². The Morgan fingerprint density at radius 1 is 0.920 bits per heavy atom. The van der Waals surface area contributed by atoms with Crippen LogP contribution in [0.15, 0.2) is 18.2 Å². The summed E-state index contributed by atoms with van der Waals surface area (Å²) >= 11 is 0. The molecule has 0 bridgehead atoms. The van der Waals surface area contributed by atoms with Crippen LogP contribution >= 0.6 is 0 Å². The number of hydrogen-bond acceptors (Lipinski definition) is 5. The van der Waals surface area contributed by atoms with Crippen LogP contribution in [0.1, 0.15) is 64.9 Å². The molecule has 0 aliphatic rings. The number of esters is 2. The van der Waals surface area contributed by atoms with Crippen molar-refractivity contribution in [1.82, 2.24) is 5.32 Å². The van der Waals surface area contributed by atoms with E-state index in [1.165, 1.54) is 0 Å². The van der Waals surface area contributed by atoms with Crippen molar-refractivity contribution in [1.29, 1.82) is 0 Å². The highest BCUT2D eigenvalue weighted by Gasteiger charge is 2.14. The number of benzene rings is 1. The van der Waals surface area contributed by atoms with Gasteiger partial charge in [-0.25, -0.2) is 0 Å². The number of hydrogen-bond donors (Lipinski definition) is 1. The average molecular weight is 349 g/mol. The third kappa shape index (κ3) is 8.68. The molecule has 0 radical (unpaired) electrons. The van der Waals surface area contributed by atoms with E-state index in [-0.39, 0.29) is 11.9 Å². The van der Waals surface area contributed by atoms with Gasteiger partial charge in [-0.3, -0.25) is 9.59 Å². The number of likely N-dealkylation sites (N-methyl/N-ethyl adjacent to an activating group) is 1. The molecule has 5 nitrogen and oxygen atoms in total. The molecule has 1 aromatic rings. The fraction of sp³-hybridized carbons (Fsp3) is 0.600. The van der Waals surface area contributed by atoms with Crippen molar-refractivity contribution < 1.29 is 19.1 Å². The topological polar surface area (TPSA) is 64.6 Å². The van der Waals surface area contributed by atoms with Crippen molar-refractivity contribution in [2.45, 2.75) is 65.7 Å². The Labute approximate surface area is 151 Å². The normalized spacial score (nSPS) is 10.5. The Kier molecular flexibility index (Phi) is 10.6. The molecule has 0 spiro atoms. The van der Waals surface area contributed by atoms with Gasteiger partial charge in [0.05, 0.1) is 0 Å². The predicted molar refractivity (Wildman–Crippen MR) is 99.0 cm³/mol. The maximum atomic E-state index is 12.0. The molecular weight excluding hydrogens is 318 g/mol. The van der Waals surface area contributed by atoms with Gasteiger partial charge in [0.1, 0.15) is 0 Å². The summed E-state index contributed by atoms with van der Waals surface area (Å²) in [6.07, 6.45) is 4.96. The number of nitrogens with one attached hydrogen (secondary N) is 1. The highest BCUT2D eigenvalue weighted by Crippen LogP contribution is 2.29. The minimum Gasteiger partial charge on any atom is -0.423 e. The van der Waals surface area contributed by atoms with Gasteiger partial charge in [0.25, 0.3) is 0 Å². The molecule has 140 valence electrons. The first kappa shape index (κ1) is 21.2. The molecule has 0 amide bonds. The molecule has 1 rings (SSSR count). The lowest BCUT2D eigenvalue weighted by Gasteiger charge is -2.12. The molecule has 0 aromatic heterocycles. The second-order valence-corrected chi connectivity index (χ2v) is 6.04. The maximum absolute atomic E-state index is 12.0. The van der Waals surface area contributed by atoms with E-state index in [0.29, 0.717) is 24.3 Å². The smallest absolute Gasteiger partial charge is 0.311 e. The van der Waals surface area contributed by atoms with E-state index < -0.39 is 0 Å². The molecule has 0 saturated carbocycles. The molecule has 0 atom stereocenters. The molecule has 1 aromatic carbocycles. The summed E-state index contributed by atoms with van der Waals surface area (Å²) in [4.78, 5) is 23.9. The molecule has 0 heterocycles. The zero-order valence-corrected chi connectivity index (χ0v) is 15.7. The highest BCUT2D eigenvalue weighted by molar-refractivity contribution is 5.76. The summed E-state index contributed by atoms with van der Waals surface area (Å²) in [5.41, 5.74) is 1.03. The Morgan fingerprint density at radius 3 is 2.08 bits per heavy atom. The van der Waals surface area contributed by atoms with Crippen LogP contribution in [0, 0.1) is 0 Å². The van der Waals surface area contributed by atoms with Gasteiger partial charge in [-0.2, -0.15) is 0 Å². The minimum atomic E-state index is -0.298. The van der Waals surface area contributed by atoms with Crippen molar-refractivity contribution in [2.75, 3.05) is 13.1 Å². The van der Waals surface area contributed by atoms with E-state index in [2.05, 4.69) is 12.2 Å². The zero-order valence-electron chi connectivity index (χ0n) is 15.7. The van der Waals surface area contributed by atoms with Crippen LogP contribution in [-0.2, 0) is 16.0 Å². The van der Waals surface area contributed by atoms with Gasteiger partial charge >= 0.3 is 11.9 Å². The van der Waals surface area contributed by atoms with Crippen molar-refractivity contribution in [3.8, 4) is 11.5 Å². The van der Waals surface area contributed by atoms with Crippen molar-refractivity contribution in [3.05, 3.63) is 23.8 Å². The predicted octanol–water partition coefficient (Wildman–Crippen LogP) is 4.03. The molecular formula is C20H31NO4. The summed E-state index contributed by atoms with van der Waals surface area (Å²) in [7, 11) is 0. The lowest BCUT2D eigenvalue weighted by atomic mass is 10.1. The van der Waals surface area contributed by atoms with Crippen molar-refractivity contribution >= 4 is 11.9 Å². The third-order valence-electron chi connectivity index (χ3n) is 3.77. The minimum absolute atomic E-state index is 0.295. The molecule has 25 heavy (non-hydrogen) atoms. The standard InChI is InChI=1S/C20H31NO4/c1-4-7-9-19(22)24-17-12-11-16(13-14-21-6-3)15-18(17)25-20(23)10-8-5-2/h11-12,15,21H,4-10,13-14H2,1-3H3. The van der Waals surface area contributed by atoms with Crippen LogP contribution < -0.4 is 14.8 Å². The summed E-state index contributed by atoms with van der Waals surface area (Å²) in [5, 5.41) is 3.26. The zero-order chi connectivity index (χ0) is 18.5. The summed E-state index contributed by atoms with van der Waals surface area (Å²) in [6, 6.07) is 5.42. The van der Waals surface area contributed by atoms with Crippen LogP contribution in [0.3, 0.4) is 0 Å². The monoisotopic (exact) mass is 349 g/mol. The number of carbonyl (C=O) groups excluding carboxylic acids is 2. The van der Waals surface area contributed by atoms with E-state index in [0.717, 1.165) is 50.8 Å². The first-order chi connectivity index (χ1) is 12.1. The van der Waals surface area contributed by atoms with Crippen LogP contribution in [-0.4, -0.2) is 25.0 Å². The number of carbonyl (C=O) groups is 2. The molecule has 0 unspecified atom stereocenters. The van der Waals surface area contributed by atoms with Gasteiger partial charge in [0.2, 0.25) is 0 Å². The Bertz CT molecular complexity index is 542. The largest absolute Gasteiger partial charge is 0.423 e. The second-order valence-electron chi connectivity index (χ2n) is 6.04. The summed E-state index contributed by atoms with van der Waals surface area (Å²) < 4.78 is 10.9. The van der Waals surface area contributed by atoms with Gasteiger partial charge in [0.15, 0.2) is 11.5 Å². The molecule has 1 N–H and O–H groups in total. The van der Waals surface area contributed by atoms with Crippen LogP contribution in [0.25, 0.3) is 0 Å². The van der Waals surface area contributed by atoms with Gasteiger partial charge in [-0.15, -0.1) is 0 Å². The molecule has 5 heteroatoms. The number of rotatable bonds is 12. The first-order valence-electron chi connectivity index (χ1n) is 9.35. The summed E-state index contributed by atoms with van der Waals surface area (Å²) in [5.74, 6) is 0.0581. The van der Waals surface area contributed by atoms with Crippen LogP contribution in [0.5, 0.6) is 11.5 Å². The lowest BCUT2D eigenvalue weighted by Crippen LogP contribution is -2.16. The van der Waals surface area contributed by atoms with Gasteiger partial charge < -0.3 is 14.8 Å².